The van der Waals surface area contributed by atoms with Crippen LogP contribution >= 0.6 is 0 Å². The second kappa shape index (κ2) is 18.8. The van der Waals surface area contributed by atoms with Gasteiger partial charge in [-0.3, -0.25) is 9.11 Å². The summed E-state index contributed by atoms with van der Waals surface area (Å²) in [7, 11) is -4.67. The van der Waals surface area contributed by atoms with Crippen LogP contribution in [0.25, 0.3) is 0 Å². The van der Waals surface area contributed by atoms with Crippen LogP contribution in [0.1, 0.15) is 0 Å². The van der Waals surface area contributed by atoms with E-state index in [1.54, 1.807) is 0 Å². The van der Waals surface area contributed by atoms with E-state index < -0.39 is 10.4 Å². The molecular formula is H13AlCa3O5S. The van der Waals surface area contributed by atoms with Gasteiger partial charge in [0, 0.05) is 0 Å². The predicted molar refractivity (Wildman–Crippen MR) is 53.4 cm³/mol. The van der Waals surface area contributed by atoms with Gasteiger partial charge in [-0.15, -0.1) is 0 Å². The van der Waals surface area contributed by atoms with Gasteiger partial charge in [0.25, 0.3) is 0 Å². The summed E-state index contributed by atoms with van der Waals surface area (Å²) in [4.78, 5) is 0. The molecule has 0 atom stereocenters. The van der Waals surface area contributed by atoms with Crippen molar-refractivity contribution in [3.8, 4) is 0 Å². The molecule has 0 rings (SSSR count). The first-order chi connectivity index (χ1) is 2.00. The first kappa shape index (κ1) is 36.8. The average molecular weight is 272 g/mol. The minimum atomic E-state index is -4.67. The summed E-state index contributed by atoms with van der Waals surface area (Å²) in [6.07, 6.45) is 0. The van der Waals surface area contributed by atoms with E-state index >= 15 is 0 Å². The Bertz CT molecular complexity index is 100. The van der Waals surface area contributed by atoms with Crippen LogP contribution in [-0.2, 0) is 10.4 Å². The Labute approximate surface area is 160 Å². The second-order valence-corrected chi connectivity index (χ2v) is 1.34. The maximum absolute atomic E-state index is 8.74. The molecule has 5 nitrogen and oxygen atoms in total. The van der Waals surface area contributed by atoms with Gasteiger partial charge < -0.3 is 5.48 Å². The minimum absolute atomic E-state index is 0. The summed E-state index contributed by atoms with van der Waals surface area (Å²) in [5, 5.41) is 0. The molecule has 0 unspecified atom stereocenters. The summed E-state index contributed by atoms with van der Waals surface area (Å²) in [5.74, 6) is 0. The summed E-state index contributed by atoms with van der Waals surface area (Å²) < 4.78 is 31.6. The van der Waals surface area contributed by atoms with Crippen molar-refractivity contribution < 1.29 is 23.0 Å². The van der Waals surface area contributed by atoms with Crippen molar-refractivity contribution in [2.75, 3.05) is 0 Å². The van der Waals surface area contributed by atoms with Crippen LogP contribution in [0.5, 0.6) is 0 Å². The fourth-order valence-corrected chi connectivity index (χ4v) is 0. The van der Waals surface area contributed by atoms with Crippen LogP contribution in [0.4, 0.5) is 0 Å². The van der Waals surface area contributed by atoms with Crippen LogP contribution in [0.15, 0.2) is 0 Å². The van der Waals surface area contributed by atoms with E-state index in [4.69, 9.17) is 17.5 Å². The van der Waals surface area contributed by atoms with E-state index in [1.165, 1.54) is 0 Å². The summed E-state index contributed by atoms with van der Waals surface area (Å²) in [6, 6.07) is 0. The SMILES string of the molecule is O.O=S(=O)(O)O.[AlH3].[CaH2].[CaH2].[CaH2]. The summed E-state index contributed by atoms with van der Waals surface area (Å²) in [6.45, 7) is 0. The van der Waals surface area contributed by atoms with Gasteiger partial charge in [-0.25, -0.2) is 0 Å². The van der Waals surface area contributed by atoms with Crippen LogP contribution in [0, 0.1) is 0 Å². The molecule has 0 aliphatic rings. The van der Waals surface area contributed by atoms with Crippen molar-refractivity contribution >= 4 is 141 Å². The number of hydrogen-bond acceptors (Lipinski definition) is 2. The van der Waals surface area contributed by atoms with Gasteiger partial charge in [-0.1, -0.05) is 0 Å². The van der Waals surface area contributed by atoms with E-state index in [-0.39, 0.29) is 136 Å². The number of rotatable bonds is 0. The molecule has 0 saturated carbocycles. The molecule has 0 aromatic carbocycles. The Kier molecular flexibility index (Phi) is 69.4. The van der Waals surface area contributed by atoms with Crippen LogP contribution in [0.2, 0.25) is 0 Å². The van der Waals surface area contributed by atoms with Crippen LogP contribution < -0.4 is 0 Å². The van der Waals surface area contributed by atoms with Crippen LogP contribution in [-0.4, -0.2) is 154 Å². The molecule has 10 heteroatoms. The first-order valence-electron chi connectivity index (χ1n) is 0.698. The van der Waals surface area contributed by atoms with Crippen molar-refractivity contribution in [3.63, 3.8) is 0 Å². The third kappa shape index (κ3) is 87.9. The van der Waals surface area contributed by atoms with E-state index in [0.29, 0.717) is 0 Å². The molecule has 0 radical (unpaired) electrons. The van der Waals surface area contributed by atoms with Gasteiger partial charge in [-0.05, 0) is 0 Å². The molecule has 0 heterocycles. The quantitative estimate of drug-likeness (QED) is 0.339. The first-order valence-corrected chi connectivity index (χ1v) is 2.10. The zero-order chi connectivity index (χ0) is 4.50. The third-order valence-corrected chi connectivity index (χ3v) is 0. The fourth-order valence-electron chi connectivity index (χ4n) is 0. The predicted octanol–water partition coefficient (Wildman–Crippen LogP) is -5.41. The van der Waals surface area contributed by atoms with E-state index in [9.17, 15) is 0 Å². The standard InChI is InChI=1S/Al.3Ca.H2O4S.H2O.9H/c;;;;1-5(2,3)4;;;;;;;;;;/h;;;;(H2,1,2,3,4);1H2;;;;;;;;;. The Morgan fingerprint density at radius 1 is 0.900 bits per heavy atom. The molecule has 0 bridgehead atoms. The average Bonchev–Trinajstić information content (AvgIpc) is 0.722. The molecule has 0 aliphatic carbocycles. The zero-order valence-electron chi connectivity index (χ0n) is 2.62. The summed E-state index contributed by atoms with van der Waals surface area (Å²) in [5.41, 5.74) is 0. The number of hydrogen-bond donors (Lipinski definition) is 2. The molecule has 4 N–H and O–H groups in total. The topological polar surface area (TPSA) is 106 Å². The summed E-state index contributed by atoms with van der Waals surface area (Å²) >= 11 is 0. The van der Waals surface area contributed by atoms with Crippen molar-refractivity contribution in [1.29, 1.82) is 0 Å². The Morgan fingerprint density at radius 3 is 0.900 bits per heavy atom. The van der Waals surface area contributed by atoms with Crippen molar-refractivity contribution in [2.24, 2.45) is 0 Å². The van der Waals surface area contributed by atoms with Gasteiger partial charge in [0.2, 0.25) is 0 Å². The Hall–Kier alpha value is 4.14. The van der Waals surface area contributed by atoms with E-state index in [0.717, 1.165) is 0 Å². The molecule has 0 fully saturated rings. The molecule has 0 aromatic heterocycles. The van der Waals surface area contributed by atoms with Crippen molar-refractivity contribution in [2.45, 2.75) is 0 Å². The van der Waals surface area contributed by atoms with Gasteiger partial charge >= 0.3 is 124 Å². The third-order valence-electron chi connectivity index (χ3n) is 0. The molecule has 0 spiro atoms. The van der Waals surface area contributed by atoms with E-state index in [1.807, 2.05) is 0 Å². The zero-order valence-corrected chi connectivity index (χ0v) is 3.44. The molecule has 0 aromatic rings. The normalized spacial score (nSPS) is 5.80. The Balaban J connectivity index is -0.00000000800. The van der Waals surface area contributed by atoms with Crippen LogP contribution in [0.3, 0.4) is 0 Å². The van der Waals surface area contributed by atoms with Gasteiger partial charge in [-0.2, -0.15) is 8.42 Å². The second-order valence-electron chi connectivity index (χ2n) is 0.448. The van der Waals surface area contributed by atoms with Crippen molar-refractivity contribution in [1.82, 2.24) is 0 Å². The molecular weight excluding hydrogens is 259 g/mol. The maximum atomic E-state index is 8.74. The molecule has 10 heavy (non-hydrogen) atoms. The monoisotopic (exact) mass is 272 g/mol. The molecule has 0 saturated heterocycles. The Morgan fingerprint density at radius 2 is 0.900 bits per heavy atom. The molecule has 0 amide bonds. The molecule has 0 aliphatic heterocycles. The van der Waals surface area contributed by atoms with E-state index in [2.05, 4.69) is 0 Å². The van der Waals surface area contributed by atoms with Gasteiger partial charge in [0.1, 0.15) is 0 Å². The molecule has 58 valence electrons. The van der Waals surface area contributed by atoms with Crippen molar-refractivity contribution in [3.05, 3.63) is 0 Å². The fraction of sp³-hybridized carbons (Fsp3) is 0. The van der Waals surface area contributed by atoms with Gasteiger partial charge in [0.05, 0.1) is 0 Å². The van der Waals surface area contributed by atoms with Gasteiger partial charge in [0.15, 0.2) is 17.4 Å².